The third kappa shape index (κ3) is 5.62. The lowest BCUT2D eigenvalue weighted by molar-refractivity contribution is -0.274. The van der Waals surface area contributed by atoms with Gasteiger partial charge in [0.25, 0.3) is 5.91 Å². The maximum absolute atomic E-state index is 13.0. The number of rotatable bonds is 5. The van der Waals surface area contributed by atoms with E-state index in [-0.39, 0.29) is 17.0 Å². The monoisotopic (exact) mass is 423 g/mol. The van der Waals surface area contributed by atoms with Gasteiger partial charge in [0.2, 0.25) is 0 Å². The van der Waals surface area contributed by atoms with Crippen LogP contribution in [0.25, 0.3) is 5.57 Å². The van der Waals surface area contributed by atoms with Gasteiger partial charge in [-0.15, -0.1) is 13.2 Å². The average Bonchev–Trinajstić information content (AvgIpc) is 2.73. The predicted molar refractivity (Wildman–Crippen MR) is 111 cm³/mol. The van der Waals surface area contributed by atoms with E-state index in [4.69, 9.17) is 0 Å². The van der Waals surface area contributed by atoms with Crippen LogP contribution in [-0.2, 0) is 4.79 Å². The zero-order valence-electron chi connectivity index (χ0n) is 17.2. The molecule has 8 heteroatoms. The fraction of sp³-hybridized carbons (Fsp3) is 0.545. The number of nitrogens with zero attached hydrogens (tertiary/aromatic N) is 3. The molecule has 1 aromatic rings. The molecule has 0 aromatic heterocycles. The first-order chi connectivity index (χ1) is 14.3. The lowest BCUT2D eigenvalue weighted by Gasteiger charge is -2.40. The Bertz CT molecular complexity index is 793. The van der Waals surface area contributed by atoms with Gasteiger partial charge in [-0.3, -0.25) is 9.79 Å². The van der Waals surface area contributed by atoms with Crippen molar-refractivity contribution in [1.29, 1.82) is 0 Å². The first-order valence-corrected chi connectivity index (χ1v) is 10.4. The van der Waals surface area contributed by atoms with E-state index in [1.165, 1.54) is 43.7 Å². The maximum atomic E-state index is 13.0. The number of aliphatic imine (C=N–C) groups is 1. The first-order valence-electron chi connectivity index (χ1n) is 10.4. The summed E-state index contributed by atoms with van der Waals surface area (Å²) in [7, 11) is 0. The molecule has 2 heterocycles. The van der Waals surface area contributed by atoms with E-state index >= 15 is 0 Å². The molecule has 2 aliphatic rings. The van der Waals surface area contributed by atoms with Crippen LogP contribution in [0.4, 0.5) is 18.9 Å². The Balaban J connectivity index is 1.70. The molecule has 2 fully saturated rings. The van der Waals surface area contributed by atoms with Crippen LogP contribution in [0.1, 0.15) is 44.6 Å². The Labute approximate surface area is 175 Å². The first kappa shape index (κ1) is 22.3. The van der Waals surface area contributed by atoms with E-state index in [0.29, 0.717) is 24.8 Å². The van der Waals surface area contributed by atoms with Gasteiger partial charge in [-0.05, 0) is 63.9 Å². The number of carbonyl (C=O) groups excluding carboxylic acids is 1. The lowest BCUT2D eigenvalue weighted by atomic mass is 9.98. The summed E-state index contributed by atoms with van der Waals surface area (Å²) in [5.74, 6) is -0.672. The number of halogens is 3. The van der Waals surface area contributed by atoms with Crippen molar-refractivity contribution in [2.45, 2.75) is 51.4 Å². The normalized spacial score (nSPS) is 19.3. The molecule has 164 valence electrons. The molecule has 0 aliphatic carbocycles. The second-order valence-electron chi connectivity index (χ2n) is 7.71. The summed E-state index contributed by atoms with van der Waals surface area (Å²) < 4.78 is 41.8. The molecule has 0 radical (unpaired) electrons. The maximum Gasteiger partial charge on any atom is 0.573 e. The molecule has 0 atom stereocenters. The molecular weight excluding hydrogens is 395 g/mol. The molecule has 0 spiro atoms. The van der Waals surface area contributed by atoms with Gasteiger partial charge in [0, 0.05) is 36.5 Å². The minimum atomic E-state index is -4.81. The zero-order valence-corrected chi connectivity index (χ0v) is 17.2. The van der Waals surface area contributed by atoms with Crippen molar-refractivity contribution < 1.29 is 22.7 Å². The second-order valence-corrected chi connectivity index (χ2v) is 7.71. The third-order valence-electron chi connectivity index (χ3n) is 5.71. The summed E-state index contributed by atoms with van der Waals surface area (Å²) in [6.45, 7) is 9.04. The van der Waals surface area contributed by atoms with Crippen LogP contribution in [0.3, 0.4) is 0 Å². The number of carbonyl (C=O) groups is 1. The van der Waals surface area contributed by atoms with Gasteiger partial charge in [0.1, 0.15) is 5.75 Å². The Morgan fingerprint density at radius 2 is 1.83 bits per heavy atom. The number of hydrogen-bond donors (Lipinski definition) is 0. The van der Waals surface area contributed by atoms with Crippen LogP contribution >= 0.6 is 0 Å². The molecule has 2 aliphatic heterocycles. The number of amides is 1. The molecule has 0 bridgehead atoms. The van der Waals surface area contributed by atoms with Crippen LogP contribution in [0, 0.1) is 0 Å². The lowest BCUT2D eigenvalue weighted by Crippen LogP contribution is -2.48. The summed E-state index contributed by atoms with van der Waals surface area (Å²) in [4.78, 5) is 21.5. The van der Waals surface area contributed by atoms with Crippen molar-refractivity contribution in [2.75, 3.05) is 26.2 Å². The minimum Gasteiger partial charge on any atom is -0.406 e. The highest BCUT2D eigenvalue weighted by atomic mass is 19.4. The van der Waals surface area contributed by atoms with Crippen molar-refractivity contribution in [3.8, 4) is 5.75 Å². The van der Waals surface area contributed by atoms with Gasteiger partial charge in [-0.2, -0.15) is 0 Å². The molecule has 3 rings (SSSR count). The molecule has 30 heavy (non-hydrogen) atoms. The molecule has 1 aromatic carbocycles. The highest BCUT2D eigenvalue weighted by molar-refractivity contribution is 6.20. The fourth-order valence-corrected chi connectivity index (χ4v) is 4.23. The second kappa shape index (κ2) is 9.64. The molecule has 0 N–H and O–H groups in total. The molecule has 5 nitrogen and oxygen atoms in total. The van der Waals surface area contributed by atoms with Crippen LogP contribution in [-0.4, -0.2) is 60.5 Å². The predicted octanol–water partition coefficient (Wildman–Crippen LogP) is 4.80. The Morgan fingerprint density at radius 3 is 2.43 bits per heavy atom. The third-order valence-corrected chi connectivity index (χ3v) is 5.71. The topological polar surface area (TPSA) is 45.1 Å². The number of piperidine rings is 2. The number of likely N-dealkylation sites (tertiary alicyclic amines) is 2. The SMILES string of the molecule is C=C(C(=O)N1CCC(N2CCCCC2)CC1)c1cc(OC(F)(F)F)ccc1/N=C\C. The summed E-state index contributed by atoms with van der Waals surface area (Å²) in [5, 5.41) is 0. The minimum absolute atomic E-state index is 0.125. The summed E-state index contributed by atoms with van der Waals surface area (Å²) in [5.41, 5.74) is 0.756. The van der Waals surface area contributed by atoms with E-state index in [1.54, 1.807) is 11.8 Å². The van der Waals surface area contributed by atoms with Gasteiger partial charge < -0.3 is 14.5 Å². The quantitative estimate of drug-likeness (QED) is 0.505. The van der Waals surface area contributed by atoms with Crippen molar-refractivity contribution in [3.05, 3.63) is 30.3 Å². The zero-order chi connectivity index (χ0) is 21.7. The van der Waals surface area contributed by atoms with Gasteiger partial charge in [0.05, 0.1) is 5.69 Å². The number of alkyl halides is 3. The van der Waals surface area contributed by atoms with E-state index < -0.39 is 12.1 Å². The smallest absolute Gasteiger partial charge is 0.406 e. The molecule has 1 amide bonds. The highest BCUT2D eigenvalue weighted by Gasteiger charge is 2.32. The van der Waals surface area contributed by atoms with Gasteiger partial charge >= 0.3 is 6.36 Å². The van der Waals surface area contributed by atoms with Crippen LogP contribution in [0.15, 0.2) is 29.8 Å². The van der Waals surface area contributed by atoms with Crippen LogP contribution in [0.5, 0.6) is 5.75 Å². The Hall–Kier alpha value is -2.35. The van der Waals surface area contributed by atoms with E-state index in [0.717, 1.165) is 25.9 Å². The van der Waals surface area contributed by atoms with Crippen LogP contribution in [0.2, 0.25) is 0 Å². The van der Waals surface area contributed by atoms with Crippen molar-refractivity contribution in [1.82, 2.24) is 9.80 Å². The fourth-order valence-electron chi connectivity index (χ4n) is 4.23. The number of ether oxygens (including phenoxy) is 1. The van der Waals surface area contributed by atoms with E-state index in [1.807, 2.05) is 0 Å². The van der Waals surface area contributed by atoms with Gasteiger partial charge in [-0.1, -0.05) is 13.0 Å². The highest BCUT2D eigenvalue weighted by Crippen LogP contribution is 2.33. The Morgan fingerprint density at radius 1 is 1.17 bits per heavy atom. The van der Waals surface area contributed by atoms with Crippen molar-refractivity contribution in [3.63, 3.8) is 0 Å². The number of hydrogen-bond acceptors (Lipinski definition) is 4. The molecule has 0 saturated carbocycles. The number of benzene rings is 1. The standard InChI is InChI=1S/C22H28F3N3O2/c1-3-26-20-8-7-18(30-22(23,24)25)15-19(20)16(2)21(29)28-13-9-17(10-14-28)27-11-5-4-6-12-27/h3,7-8,15,17H,2,4-6,9-14H2,1H3/b26-3-. The molecule has 2 saturated heterocycles. The summed E-state index contributed by atoms with van der Waals surface area (Å²) >= 11 is 0. The molecule has 0 unspecified atom stereocenters. The van der Waals surface area contributed by atoms with E-state index in [9.17, 15) is 18.0 Å². The van der Waals surface area contributed by atoms with Gasteiger partial charge in [-0.25, -0.2) is 0 Å². The van der Waals surface area contributed by atoms with Gasteiger partial charge in [0.15, 0.2) is 0 Å². The van der Waals surface area contributed by atoms with E-state index in [2.05, 4.69) is 21.2 Å². The Kier molecular flexibility index (Phi) is 7.18. The van der Waals surface area contributed by atoms with Crippen molar-refractivity contribution >= 4 is 23.4 Å². The summed E-state index contributed by atoms with van der Waals surface area (Å²) in [6.07, 6.45) is 2.25. The van der Waals surface area contributed by atoms with Crippen LogP contribution < -0.4 is 4.74 Å². The van der Waals surface area contributed by atoms with Crippen molar-refractivity contribution in [2.24, 2.45) is 4.99 Å². The summed E-state index contributed by atoms with van der Waals surface area (Å²) in [6, 6.07) is 4.25. The molecular formula is C22H28F3N3O2. The largest absolute Gasteiger partial charge is 0.573 e. The average molecular weight is 423 g/mol.